The van der Waals surface area contributed by atoms with Gasteiger partial charge in [-0.05, 0) is 24.6 Å². The van der Waals surface area contributed by atoms with Gasteiger partial charge in [0.05, 0.1) is 15.8 Å². The second kappa shape index (κ2) is 5.91. The Morgan fingerprint density at radius 3 is 2.44 bits per heavy atom. The fourth-order valence-corrected chi connectivity index (χ4v) is 3.01. The zero-order chi connectivity index (χ0) is 13.9. The number of carbonyl (C=O) groups is 1. The summed E-state index contributed by atoms with van der Waals surface area (Å²) in [4.78, 5) is 11.3. The molecule has 1 N–H and O–H groups in total. The van der Waals surface area contributed by atoms with Crippen LogP contribution in [0.25, 0.3) is 0 Å². The van der Waals surface area contributed by atoms with Crippen LogP contribution in [0.3, 0.4) is 0 Å². The standard InChI is InChI=1S/C11H13Cl2NO3S/c1-7(11(15)14-2)18(16,17)6-8-3-4-9(12)10(13)5-8/h3-5,7H,6H2,1-2H3,(H,14,15). The maximum Gasteiger partial charge on any atom is 0.237 e. The SMILES string of the molecule is CNC(=O)C(C)S(=O)(=O)Cc1ccc(Cl)c(Cl)c1. The van der Waals surface area contributed by atoms with Crippen molar-refractivity contribution in [3.63, 3.8) is 0 Å². The topological polar surface area (TPSA) is 63.2 Å². The Morgan fingerprint density at radius 2 is 1.94 bits per heavy atom. The molecule has 0 bridgehead atoms. The van der Waals surface area contributed by atoms with Gasteiger partial charge in [-0.1, -0.05) is 29.3 Å². The van der Waals surface area contributed by atoms with Crippen LogP contribution in [0, 0.1) is 0 Å². The predicted octanol–water partition coefficient (Wildman–Crippen LogP) is 2.04. The van der Waals surface area contributed by atoms with E-state index in [1.807, 2.05) is 0 Å². The lowest BCUT2D eigenvalue weighted by Crippen LogP contribution is -2.36. The van der Waals surface area contributed by atoms with E-state index in [0.29, 0.717) is 10.6 Å². The van der Waals surface area contributed by atoms with Crippen LogP contribution in [0.1, 0.15) is 12.5 Å². The van der Waals surface area contributed by atoms with Crippen LogP contribution in [0.15, 0.2) is 18.2 Å². The molecule has 0 aliphatic carbocycles. The van der Waals surface area contributed by atoms with Gasteiger partial charge in [0.1, 0.15) is 5.25 Å². The average molecular weight is 310 g/mol. The average Bonchev–Trinajstić information content (AvgIpc) is 2.31. The number of amides is 1. The second-order valence-electron chi connectivity index (χ2n) is 3.81. The van der Waals surface area contributed by atoms with E-state index in [9.17, 15) is 13.2 Å². The van der Waals surface area contributed by atoms with E-state index in [2.05, 4.69) is 5.32 Å². The molecule has 0 aromatic heterocycles. The summed E-state index contributed by atoms with van der Waals surface area (Å²) >= 11 is 11.5. The Balaban J connectivity index is 2.95. The van der Waals surface area contributed by atoms with Gasteiger partial charge in [-0.3, -0.25) is 4.79 Å². The molecule has 0 heterocycles. The van der Waals surface area contributed by atoms with Crippen LogP contribution in [0.2, 0.25) is 10.0 Å². The number of hydrogen-bond acceptors (Lipinski definition) is 3. The maximum atomic E-state index is 12.0. The maximum absolute atomic E-state index is 12.0. The minimum Gasteiger partial charge on any atom is -0.358 e. The number of hydrogen-bond donors (Lipinski definition) is 1. The molecule has 7 heteroatoms. The monoisotopic (exact) mass is 309 g/mol. The fraction of sp³-hybridized carbons (Fsp3) is 0.364. The highest BCUT2D eigenvalue weighted by Crippen LogP contribution is 2.24. The molecular weight excluding hydrogens is 297 g/mol. The van der Waals surface area contributed by atoms with Crippen LogP contribution in [0.4, 0.5) is 0 Å². The number of carbonyl (C=O) groups excluding carboxylic acids is 1. The summed E-state index contributed by atoms with van der Waals surface area (Å²) in [5.41, 5.74) is 0.500. The van der Waals surface area contributed by atoms with E-state index in [0.717, 1.165) is 0 Å². The summed E-state index contributed by atoms with van der Waals surface area (Å²) < 4.78 is 23.9. The van der Waals surface area contributed by atoms with E-state index in [4.69, 9.17) is 23.2 Å². The van der Waals surface area contributed by atoms with Gasteiger partial charge in [0.2, 0.25) is 5.91 Å². The molecule has 1 amide bonds. The molecule has 1 atom stereocenters. The Labute approximate surface area is 116 Å². The molecule has 1 rings (SSSR count). The van der Waals surface area contributed by atoms with Crippen LogP contribution < -0.4 is 5.32 Å². The molecule has 0 spiro atoms. The molecule has 1 aromatic carbocycles. The minimum absolute atomic E-state index is 0.252. The van der Waals surface area contributed by atoms with Gasteiger partial charge in [0.25, 0.3) is 0 Å². The third kappa shape index (κ3) is 3.60. The Kier molecular flexibility index (Phi) is 5.01. The Morgan fingerprint density at radius 1 is 1.33 bits per heavy atom. The first-order valence-corrected chi connectivity index (χ1v) is 7.62. The molecule has 100 valence electrons. The van der Waals surface area contributed by atoms with Crippen molar-refractivity contribution in [3.05, 3.63) is 33.8 Å². The van der Waals surface area contributed by atoms with Crippen molar-refractivity contribution in [2.45, 2.75) is 17.9 Å². The molecule has 0 saturated carbocycles. The van der Waals surface area contributed by atoms with Gasteiger partial charge in [-0.15, -0.1) is 0 Å². The quantitative estimate of drug-likeness (QED) is 0.925. The number of sulfone groups is 1. The number of rotatable bonds is 4. The van der Waals surface area contributed by atoms with Crippen LogP contribution >= 0.6 is 23.2 Å². The lowest BCUT2D eigenvalue weighted by Gasteiger charge is -2.11. The Bertz CT molecular complexity index is 557. The van der Waals surface area contributed by atoms with Crippen LogP contribution in [0.5, 0.6) is 0 Å². The van der Waals surface area contributed by atoms with Gasteiger partial charge in [-0.2, -0.15) is 0 Å². The van der Waals surface area contributed by atoms with Crippen molar-refractivity contribution in [3.8, 4) is 0 Å². The van der Waals surface area contributed by atoms with E-state index >= 15 is 0 Å². The molecule has 18 heavy (non-hydrogen) atoms. The smallest absolute Gasteiger partial charge is 0.237 e. The van der Waals surface area contributed by atoms with E-state index in [-0.39, 0.29) is 10.8 Å². The summed E-state index contributed by atoms with van der Waals surface area (Å²) in [6.07, 6.45) is 0. The third-order valence-electron chi connectivity index (χ3n) is 2.51. The first kappa shape index (κ1) is 15.3. The van der Waals surface area contributed by atoms with E-state index in [1.165, 1.54) is 26.1 Å². The van der Waals surface area contributed by atoms with Crippen molar-refractivity contribution >= 4 is 38.9 Å². The summed E-state index contributed by atoms with van der Waals surface area (Å²) in [7, 11) is -2.17. The lowest BCUT2D eigenvalue weighted by atomic mass is 10.2. The van der Waals surface area contributed by atoms with Crippen molar-refractivity contribution in [1.29, 1.82) is 0 Å². The summed E-state index contributed by atoms with van der Waals surface area (Å²) in [5, 5.41) is 1.86. The highest BCUT2D eigenvalue weighted by molar-refractivity contribution is 7.92. The molecule has 1 aromatic rings. The number of halogens is 2. The third-order valence-corrected chi connectivity index (χ3v) is 5.27. The van der Waals surface area contributed by atoms with Crippen LogP contribution in [-0.2, 0) is 20.4 Å². The zero-order valence-electron chi connectivity index (χ0n) is 9.91. The molecule has 0 fully saturated rings. The molecule has 0 saturated heterocycles. The molecule has 0 radical (unpaired) electrons. The van der Waals surface area contributed by atoms with Gasteiger partial charge in [0, 0.05) is 7.05 Å². The van der Waals surface area contributed by atoms with E-state index < -0.39 is 21.0 Å². The van der Waals surface area contributed by atoms with Crippen molar-refractivity contribution in [1.82, 2.24) is 5.32 Å². The minimum atomic E-state index is -3.57. The molecular formula is C11H13Cl2NO3S. The summed E-state index contributed by atoms with van der Waals surface area (Å²) in [6, 6.07) is 4.58. The predicted molar refractivity (Wildman–Crippen MR) is 72.6 cm³/mol. The van der Waals surface area contributed by atoms with Crippen molar-refractivity contribution in [2.75, 3.05) is 7.05 Å². The van der Waals surface area contributed by atoms with Crippen LogP contribution in [-0.4, -0.2) is 26.6 Å². The van der Waals surface area contributed by atoms with Gasteiger partial charge < -0.3 is 5.32 Å². The second-order valence-corrected chi connectivity index (χ2v) is 6.95. The van der Waals surface area contributed by atoms with Gasteiger partial charge >= 0.3 is 0 Å². The number of benzene rings is 1. The van der Waals surface area contributed by atoms with Crippen molar-refractivity contribution < 1.29 is 13.2 Å². The lowest BCUT2D eigenvalue weighted by molar-refractivity contribution is -0.119. The van der Waals surface area contributed by atoms with Crippen molar-refractivity contribution in [2.24, 2.45) is 0 Å². The summed E-state index contributed by atoms with van der Waals surface area (Å²) in [6.45, 7) is 1.35. The highest BCUT2D eigenvalue weighted by atomic mass is 35.5. The largest absolute Gasteiger partial charge is 0.358 e. The molecule has 0 aliphatic heterocycles. The van der Waals surface area contributed by atoms with Gasteiger partial charge in [-0.25, -0.2) is 8.42 Å². The Hall–Kier alpha value is -0.780. The summed E-state index contributed by atoms with van der Waals surface area (Å²) in [5.74, 6) is -0.784. The normalized spacial score (nSPS) is 13.1. The first-order valence-electron chi connectivity index (χ1n) is 5.15. The fourth-order valence-electron chi connectivity index (χ4n) is 1.35. The molecule has 1 unspecified atom stereocenters. The number of nitrogens with one attached hydrogen (secondary N) is 1. The van der Waals surface area contributed by atoms with Gasteiger partial charge in [0.15, 0.2) is 9.84 Å². The highest BCUT2D eigenvalue weighted by Gasteiger charge is 2.27. The molecule has 4 nitrogen and oxygen atoms in total. The van der Waals surface area contributed by atoms with E-state index in [1.54, 1.807) is 6.07 Å². The zero-order valence-corrected chi connectivity index (χ0v) is 12.2. The first-order chi connectivity index (χ1) is 8.27. The molecule has 0 aliphatic rings.